The number of allylic oxidation sites excluding steroid dienone is 1. The standard InChI is InChI=1S/C19H12BrN3O3/c20-8-5-6-12(24)11(7-8)13-14-16(21-18-15(13)19(26)23-22-18)9-3-1-2-4-10(9)17(14)25/h1-7,13,24H,(H3,21,22,23,26). The van der Waals surface area contributed by atoms with Crippen molar-refractivity contribution in [2.75, 3.05) is 5.32 Å². The number of aromatic nitrogens is 2. The first-order valence-electron chi connectivity index (χ1n) is 8.00. The van der Waals surface area contributed by atoms with Crippen molar-refractivity contribution in [3.05, 3.63) is 85.1 Å². The number of carbonyl (C=O) groups is 1. The summed E-state index contributed by atoms with van der Waals surface area (Å²) < 4.78 is 0.752. The van der Waals surface area contributed by atoms with Crippen LogP contribution in [0.4, 0.5) is 5.82 Å². The Kier molecular flexibility index (Phi) is 3.05. The van der Waals surface area contributed by atoms with E-state index in [0.717, 1.165) is 10.0 Å². The van der Waals surface area contributed by atoms with Gasteiger partial charge in [0.1, 0.15) is 11.6 Å². The predicted molar refractivity (Wildman–Crippen MR) is 100 cm³/mol. The Hall–Kier alpha value is -3.06. The van der Waals surface area contributed by atoms with Crippen LogP contribution >= 0.6 is 15.9 Å². The number of fused-ring (bicyclic) bond motifs is 3. The Labute approximate surface area is 155 Å². The molecule has 2 aliphatic rings. The summed E-state index contributed by atoms with van der Waals surface area (Å²) in [5.74, 6) is -0.280. The normalized spacial score (nSPS) is 17.6. The first-order chi connectivity index (χ1) is 12.6. The maximum Gasteiger partial charge on any atom is 0.270 e. The third kappa shape index (κ3) is 1.91. The van der Waals surface area contributed by atoms with E-state index >= 15 is 0 Å². The Morgan fingerprint density at radius 2 is 1.77 bits per heavy atom. The maximum absolute atomic E-state index is 13.1. The van der Waals surface area contributed by atoms with Gasteiger partial charge >= 0.3 is 0 Å². The average Bonchev–Trinajstić information content (AvgIpc) is 3.15. The number of carbonyl (C=O) groups excluding carboxylic acids is 1. The molecule has 1 unspecified atom stereocenters. The van der Waals surface area contributed by atoms with Crippen LogP contribution in [0.2, 0.25) is 0 Å². The Balaban J connectivity index is 1.84. The summed E-state index contributed by atoms with van der Waals surface area (Å²) in [7, 11) is 0. The van der Waals surface area contributed by atoms with E-state index in [4.69, 9.17) is 0 Å². The van der Waals surface area contributed by atoms with Crippen LogP contribution in [0, 0.1) is 0 Å². The van der Waals surface area contributed by atoms with Crippen molar-refractivity contribution >= 4 is 33.2 Å². The molecule has 1 aliphatic heterocycles. The summed E-state index contributed by atoms with van der Waals surface area (Å²) >= 11 is 3.41. The van der Waals surface area contributed by atoms with Gasteiger partial charge in [-0.3, -0.25) is 19.8 Å². The second kappa shape index (κ2) is 5.22. The largest absolute Gasteiger partial charge is 0.508 e. The van der Waals surface area contributed by atoms with E-state index in [0.29, 0.717) is 33.8 Å². The monoisotopic (exact) mass is 409 g/mol. The van der Waals surface area contributed by atoms with Gasteiger partial charge in [-0.2, -0.15) is 0 Å². The molecule has 1 atom stereocenters. The third-order valence-electron chi connectivity index (χ3n) is 4.90. The second-order valence-electron chi connectivity index (χ2n) is 6.29. The lowest BCUT2D eigenvalue weighted by Gasteiger charge is -2.25. The highest BCUT2D eigenvalue weighted by atomic mass is 79.9. The maximum atomic E-state index is 13.1. The lowest BCUT2D eigenvalue weighted by molar-refractivity contribution is 0.103. The molecule has 6 nitrogen and oxygen atoms in total. The minimum atomic E-state index is -0.673. The van der Waals surface area contributed by atoms with Crippen LogP contribution in [-0.2, 0) is 0 Å². The number of nitrogens with one attached hydrogen (secondary N) is 3. The lowest BCUT2D eigenvalue weighted by atomic mass is 9.81. The Bertz CT molecular complexity index is 1190. The molecule has 26 heavy (non-hydrogen) atoms. The number of rotatable bonds is 1. The van der Waals surface area contributed by atoms with Crippen LogP contribution in [0.3, 0.4) is 0 Å². The lowest BCUT2D eigenvalue weighted by Crippen LogP contribution is -2.23. The number of ketones is 1. The number of phenolic OH excluding ortho intramolecular Hbond substituents is 1. The Morgan fingerprint density at radius 1 is 1.00 bits per heavy atom. The molecule has 128 valence electrons. The van der Waals surface area contributed by atoms with E-state index in [1.165, 1.54) is 0 Å². The number of aromatic hydroxyl groups is 1. The summed E-state index contributed by atoms with van der Waals surface area (Å²) in [6.45, 7) is 0. The number of H-pyrrole nitrogens is 2. The van der Waals surface area contributed by atoms with Gasteiger partial charge in [-0.1, -0.05) is 40.2 Å². The van der Waals surface area contributed by atoms with Crippen molar-refractivity contribution < 1.29 is 9.90 Å². The van der Waals surface area contributed by atoms with Gasteiger partial charge in [0.2, 0.25) is 0 Å². The number of anilines is 1. The van der Waals surface area contributed by atoms with E-state index in [1.54, 1.807) is 24.3 Å². The summed E-state index contributed by atoms with van der Waals surface area (Å²) in [6, 6.07) is 12.3. The summed E-state index contributed by atoms with van der Waals surface area (Å²) in [5, 5.41) is 19.0. The molecule has 0 spiro atoms. The molecule has 0 saturated heterocycles. The second-order valence-corrected chi connectivity index (χ2v) is 7.21. The van der Waals surface area contributed by atoms with E-state index in [-0.39, 0.29) is 17.1 Å². The van der Waals surface area contributed by atoms with Crippen LogP contribution in [-0.4, -0.2) is 21.1 Å². The van der Waals surface area contributed by atoms with Crippen LogP contribution in [0.15, 0.2) is 57.3 Å². The highest BCUT2D eigenvalue weighted by molar-refractivity contribution is 9.10. The zero-order chi connectivity index (χ0) is 18.0. The van der Waals surface area contributed by atoms with Crippen molar-refractivity contribution in [2.45, 2.75) is 5.92 Å². The number of hydrogen-bond donors (Lipinski definition) is 4. The van der Waals surface area contributed by atoms with Gasteiger partial charge in [0.05, 0.1) is 17.2 Å². The van der Waals surface area contributed by atoms with Gasteiger partial charge in [0, 0.05) is 26.7 Å². The molecule has 7 heteroatoms. The quantitative estimate of drug-likeness (QED) is 0.495. The summed E-state index contributed by atoms with van der Waals surface area (Å²) in [6.07, 6.45) is 0. The van der Waals surface area contributed by atoms with E-state index in [1.807, 2.05) is 18.2 Å². The summed E-state index contributed by atoms with van der Waals surface area (Å²) in [5.41, 5.74) is 3.08. The molecular weight excluding hydrogens is 398 g/mol. The van der Waals surface area contributed by atoms with Gasteiger partial charge in [-0.05, 0) is 18.2 Å². The van der Waals surface area contributed by atoms with Crippen LogP contribution in [0.5, 0.6) is 5.75 Å². The highest BCUT2D eigenvalue weighted by Crippen LogP contribution is 2.49. The molecule has 1 aliphatic carbocycles. The van der Waals surface area contributed by atoms with E-state index < -0.39 is 5.92 Å². The van der Waals surface area contributed by atoms with Crippen molar-refractivity contribution in [1.29, 1.82) is 0 Å². The van der Waals surface area contributed by atoms with Gasteiger partial charge in [0.25, 0.3) is 5.56 Å². The molecule has 0 fully saturated rings. The highest BCUT2D eigenvalue weighted by Gasteiger charge is 2.42. The van der Waals surface area contributed by atoms with Crippen LogP contribution in [0.1, 0.15) is 33.0 Å². The van der Waals surface area contributed by atoms with Crippen LogP contribution in [0.25, 0.3) is 5.70 Å². The smallest absolute Gasteiger partial charge is 0.270 e. The fourth-order valence-electron chi connectivity index (χ4n) is 3.79. The molecule has 0 bridgehead atoms. The molecule has 1 aromatic heterocycles. The molecule has 2 aromatic carbocycles. The molecule has 3 aromatic rings. The summed E-state index contributed by atoms with van der Waals surface area (Å²) in [4.78, 5) is 25.6. The number of benzene rings is 2. The topological polar surface area (TPSA) is 98.0 Å². The van der Waals surface area contributed by atoms with E-state index in [9.17, 15) is 14.7 Å². The van der Waals surface area contributed by atoms with Crippen molar-refractivity contribution in [3.8, 4) is 5.75 Å². The fourth-order valence-corrected chi connectivity index (χ4v) is 4.17. The molecule has 0 saturated carbocycles. The van der Waals surface area contributed by atoms with Crippen molar-refractivity contribution in [1.82, 2.24) is 10.2 Å². The number of Topliss-reactive ketones (excluding diaryl/α,β-unsaturated/α-hetero) is 1. The van der Waals surface area contributed by atoms with E-state index in [2.05, 4.69) is 31.4 Å². The third-order valence-corrected chi connectivity index (χ3v) is 5.39. The van der Waals surface area contributed by atoms with Crippen LogP contribution < -0.4 is 10.9 Å². The molecule has 0 amide bonds. The molecule has 5 rings (SSSR count). The van der Waals surface area contributed by atoms with Crippen molar-refractivity contribution in [3.63, 3.8) is 0 Å². The zero-order valence-corrected chi connectivity index (χ0v) is 14.8. The number of hydrogen-bond acceptors (Lipinski definition) is 4. The minimum Gasteiger partial charge on any atom is -0.508 e. The zero-order valence-electron chi connectivity index (χ0n) is 13.3. The molecule has 4 N–H and O–H groups in total. The molecule has 0 radical (unpaired) electrons. The Morgan fingerprint density at radius 3 is 2.58 bits per heavy atom. The number of phenols is 1. The molecular formula is C19H12BrN3O3. The van der Waals surface area contributed by atoms with Gasteiger partial charge in [-0.15, -0.1) is 0 Å². The van der Waals surface area contributed by atoms with Gasteiger partial charge < -0.3 is 10.4 Å². The SMILES string of the molecule is O=C1C2=C(Nc3[nH][nH]c(=O)c3C2c2cc(Br)ccc2O)c2ccccc21. The fraction of sp³-hybridized carbons (Fsp3) is 0.0526. The first-order valence-corrected chi connectivity index (χ1v) is 8.80. The predicted octanol–water partition coefficient (Wildman–Crippen LogP) is 3.34. The number of aromatic amines is 2. The van der Waals surface area contributed by atoms with Gasteiger partial charge in [0.15, 0.2) is 5.78 Å². The van der Waals surface area contributed by atoms with Crippen molar-refractivity contribution in [2.24, 2.45) is 0 Å². The number of halogens is 1. The molecule has 2 heterocycles. The van der Waals surface area contributed by atoms with Gasteiger partial charge in [-0.25, -0.2) is 0 Å². The first kappa shape index (κ1) is 15.2. The average molecular weight is 410 g/mol. The minimum absolute atomic E-state index is 0.0299.